The fourth-order valence-electron chi connectivity index (χ4n) is 1.51. The molecule has 0 aromatic carbocycles. The molecule has 1 heterocycles. The van der Waals surface area contributed by atoms with Crippen molar-refractivity contribution in [2.75, 3.05) is 20.3 Å². The van der Waals surface area contributed by atoms with Crippen LogP contribution < -0.4 is 5.73 Å². The van der Waals surface area contributed by atoms with Crippen LogP contribution in [-0.4, -0.2) is 20.3 Å². The lowest BCUT2D eigenvalue weighted by Crippen LogP contribution is -2.22. The van der Waals surface area contributed by atoms with Gasteiger partial charge in [-0.15, -0.1) is 0 Å². The van der Waals surface area contributed by atoms with Gasteiger partial charge in [-0.05, 0) is 18.1 Å². The highest BCUT2D eigenvalue weighted by Crippen LogP contribution is 2.23. The van der Waals surface area contributed by atoms with Crippen molar-refractivity contribution in [3.63, 3.8) is 0 Å². The molecule has 0 radical (unpaired) electrons. The third-order valence-electron chi connectivity index (χ3n) is 2.28. The zero-order valence-corrected chi connectivity index (χ0v) is 8.19. The van der Waals surface area contributed by atoms with Gasteiger partial charge >= 0.3 is 0 Å². The van der Waals surface area contributed by atoms with Crippen LogP contribution in [0.5, 0.6) is 0 Å². The van der Waals surface area contributed by atoms with Crippen molar-refractivity contribution in [1.29, 1.82) is 0 Å². The van der Waals surface area contributed by atoms with Gasteiger partial charge in [-0.2, -0.15) is 0 Å². The van der Waals surface area contributed by atoms with Crippen LogP contribution in [-0.2, 0) is 4.74 Å². The van der Waals surface area contributed by atoms with E-state index in [4.69, 9.17) is 14.9 Å². The Morgan fingerprint density at radius 3 is 2.85 bits per heavy atom. The highest BCUT2D eigenvalue weighted by Gasteiger charge is 2.19. The molecule has 3 heteroatoms. The molecule has 0 aliphatic heterocycles. The smallest absolute Gasteiger partial charge is 0.108 e. The number of furan rings is 1. The van der Waals surface area contributed by atoms with Gasteiger partial charge in [-0.1, -0.05) is 6.92 Å². The van der Waals surface area contributed by atoms with E-state index in [2.05, 4.69) is 6.92 Å². The molecule has 74 valence electrons. The molecule has 1 aromatic rings. The topological polar surface area (TPSA) is 48.4 Å². The van der Waals surface area contributed by atoms with Crippen molar-refractivity contribution < 1.29 is 9.15 Å². The van der Waals surface area contributed by atoms with Crippen molar-refractivity contribution >= 4 is 0 Å². The van der Waals surface area contributed by atoms with Gasteiger partial charge in [0.05, 0.1) is 6.26 Å². The lowest BCUT2D eigenvalue weighted by molar-refractivity contribution is 0.143. The van der Waals surface area contributed by atoms with E-state index >= 15 is 0 Å². The number of methoxy groups -OCH3 is 1. The first-order valence-electron chi connectivity index (χ1n) is 4.52. The summed E-state index contributed by atoms with van der Waals surface area (Å²) in [5, 5.41) is 0. The Balaban J connectivity index is 2.62. The average molecular weight is 183 g/mol. The van der Waals surface area contributed by atoms with Crippen molar-refractivity contribution in [2.24, 2.45) is 11.7 Å². The van der Waals surface area contributed by atoms with Crippen LogP contribution >= 0.6 is 0 Å². The second-order valence-electron chi connectivity index (χ2n) is 3.29. The molecule has 0 saturated heterocycles. The molecular weight excluding hydrogens is 166 g/mol. The lowest BCUT2D eigenvalue weighted by Gasteiger charge is -2.19. The summed E-state index contributed by atoms with van der Waals surface area (Å²) in [6.45, 7) is 3.42. The first-order valence-corrected chi connectivity index (χ1v) is 4.52. The number of hydrogen-bond acceptors (Lipinski definition) is 3. The number of rotatable bonds is 5. The predicted octanol–water partition coefficient (Wildman–Crippen LogP) is 1.60. The summed E-state index contributed by atoms with van der Waals surface area (Å²) in [4.78, 5) is 0. The van der Waals surface area contributed by atoms with Gasteiger partial charge in [0, 0.05) is 26.2 Å². The van der Waals surface area contributed by atoms with E-state index in [0.717, 1.165) is 5.76 Å². The van der Waals surface area contributed by atoms with E-state index in [-0.39, 0.29) is 5.92 Å². The number of ether oxygens (including phenoxy) is 1. The van der Waals surface area contributed by atoms with E-state index < -0.39 is 0 Å². The van der Waals surface area contributed by atoms with Crippen LogP contribution in [0.3, 0.4) is 0 Å². The molecule has 0 spiro atoms. The molecule has 0 amide bonds. The summed E-state index contributed by atoms with van der Waals surface area (Å²) in [5.74, 6) is 1.60. The van der Waals surface area contributed by atoms with E-state index in [0.29, 0.717) is 19.1 Å². The molecule has 0 aliphatic carbocycles. The summed E-state index contributed by atoms with van der Waals surface area (Å²) >= 11 is 0. The molecule has 3 nitrogen and oxygen atoms in total. The normalized spacial score (nSPS) is 15.6. The quantitative estimate of drug-likeness (QED) is 0.754. The zero-order chi connectivity index (χ0) is 9.68. The van der Waals surface area contributed by atoms with Crippen LogP contribution in [0.15, 0.2) is 22.8 Å². The molecule has 0 bridgehead atoms. The van der Waals surface area contributed by atoms with Gasteiger partial charge in [0.15, 0.2) is 0 Å². The Morgan fingerprint density at radius 2 is 2.38 bits per heavy atom. The molecule has 0 aliphatic rings. The molecule has 0 fully saturated rings. The predicted molar refractivity (Wildman–Crippen MR) is 51.5 cm³/mol. The molecule has 13 heavy (non-hydrogen) atoms. The standard InChI is InChI=1S/C10H17NO2/c1-8(7-12-2)9(6-11)10-4-3-5-13-10/h3-5,8-9H,6-7,11H2,1-2H3/t8-,9-/m1/s1. The second-order valence-corrected chi connectivity index (χ2v) is 3.29. The Morgan fingerprint density at radius 1 is 1.62 bits per heavy atom. The van der Waals surface area contributed by atoms with Gasteiger partial charge in [0.2, 0.25) is 0 Å². The maximum absolute atomic E-state index is 5.68. The highest BCUT2D eigenvalue weighted by molar-refractivity contribution is 5.07. The van der Waals surface area contributed by atoms with Crippen molar-refractivity contribution in [1.82, 2.24) is 0 Å². The summed E-state index contributed by atoms with van der Waals surface area (Å²) < 4.78 is 10.4. The summed E-state index contributed by atoms with van der Waals surface area (Å²) in [5.41, 5.74) is 5.68. The molecule has 0 unspecified atom stereocenters. The van der Waals surface area contributed by atoms with E-state index in [1.165, 1.54) is 0 Å². The molecule has 2 N–H and O–H groups in total. The molecule has 1 aromatic heterocycles. The molecule has 0 saturated carbocycles. The van der Waals surface area contributed by atoms with Gasteiger partial charge in [0.1, 0.15) is 5.76 Å². The average Bonchev–Trinajstić information content (AvgIpc) is 2.59. The minimum atomic E-state index is 0.259. The minimum absolute atomic E-state index is 0.259. The van der Waals surface area contributed by atoms with Crippen LogP contribution in [0, 0.1) is 5.92 Å². The summed E-state index contributed by atoms with van der Waals surface area (Å²) in [7, 11) is 1.70. The molecular formula is C10H17NO2. The zero-order valence-electron chi connectivity index (χ0n) is 8.19. The molecule has 1 rings (SSSR count). The van der Waals surface area contributed by atoms with Crippen molar-refractivity contribution in [3.05, 3.63) is 24.2 Å². The van der Waals surface area contributed by atoms with E-state index in [9.17, 15) is 0 Å². The Hall–Kier alpha value is -0.800. The number of hydrogen-bond donors (Lipinski definition) is 1. The first kappa shape index (κ1) is 10.3. The monoisotopic (exact) mass is 183 g/mol. The fourth-order valence-corrected chi connectivity index (χ4v) is 1.51. The van der Waals surface area contributed by atoms with Gasteiger partial charge in [-0.3, -0.25) is 0 Å². The van der Waals surface area contributed by atoms with Crippen LogP contribution in [0.25, 0.3) is 0 Å². The fraction of sp³-hybridized carbons (Fsp3) is 0.600. The third-order valence-corrected chi connectivity index (χ3v) is 2.28. The first-order chi connectivity index (χ1) is 6.29. The highest BCUT2D eigenvalue weighted by atomic mass is 16.5. The minimum Gasteiger partial charge on any atom is -0.469 e. The van der Waals surface area contributed by atoms with Gasteiger partial charge < -0.3 is 14.9 Å². The Bertz CT molecular complexity index is 221. The Labute approximate surface area is 78.9 Å². The lowest BCUT2D eigenvalue weighted by atomic mass is 9.92. The largest absolute Gasteiger partial charge is 0.469 e. The van der Waals surface area contributed by atoms with E-state index in [1.54, 1.807) is 13.4 Å². The van der Waals surface area contributed by atoms with Crippen LogP contribution in [0.2, 0.25) is 0 Å². The number of nitrogens with two attached hydrogens (primary N) is 1. The maximum atomic E-state index is 5.68. The third kappa shape index (κ3) is 2.57. The van der Waals surface area contributed by atoms with Crippen molar-refractivity contribution in [2.45, 2.75) is 12.8 Å². The van der Waals surface area contributed by atoms with Gasteiger partial charge in [-0.25, -0.2) is 0 Å². The summed E-state index contributed by atoms with van der Waals surface area (Å²) in [6.07, 6.45) is 1.68. The van der Waals surface area contributed by atoms with Crippen LogP contribution in [0.4, 0.5) is 0 Å². The second kappa shape index (κ2) is 5.04. The van der Waals surface area contributed by atoms with Crippen LogP contribution in [0.1, 0.15) is 18.6 Å². The Kier molecular flexibility index (Phi) is 3.99. The SMILES string of the molecule is COC[C@@H](C)[C@@H](CN)c1ccco1. The molecule has 2 atom stereocenters. The summed E-state index contributed by atoms with van der Waals surface area (Å²) in [6, 6.07) is 3.85. The van der Waals surface area contributed by atoms with E-state index in [1.807, 2.05) is 12.1 Å². The van der Waals surface area contributed by atoms with Crippen molar-refractivity contribution in [3.8, 4) is 0 Å². The van der Waals surface area contributed by atoms with Gasteiger partial charge in [0.25, 0.3) is 0 Å². The maximum Gasteiger partial charge on any atom is 0.108 e.